The number of aldehydes is 1. The molecule has 0 heterocycles. The molecule has 0 aliphatic carbocycles. The summed E-state index contributed by atoms with van der Waals surface area (Å²) < 4.78 is 32.4. The molecule has 0 spiro atoms. The molecule has 0 saturated heterocycles. The van der Waals surface area contributed by atoms with Crippen LogP contribution in [0.15, 0.2) is 30.3 Å². The lowest BCUT2D eigenvalue weighted by atomic mass is 10.1. The minimum absolute atomic E-state index is 0.0569. The van der Waals surface area contributed by atoms with Crippen molar-refractivity contribution in [2.24, 2.45) is 0 Å². The van der Waals surface area contributed by atoms with Crippen molar-refractivity contribution in [2.45, 2.75) is 20.5 Å². The monoisotopic (exact) mass is 276 g/mol. The summed E-state index contributed by atoms with van der Waals surface area (Å²) in [5.74, 6) is -2.22. The van der Waals surface area contributed by atoms with Gasteiger partial charge < -0.3 is 4.74 Å². The largest absolute Gasteiger partial charge is 0.483 e. The van der Waals surface area contributed by atoms with Crippen LogP contribution in [0.2, 0.25) is 0 Å². The summed E-state index contributed by atoms with van der Waals surface area (Å²) in [5.41, 5.74) is 3.00. The van der Waals surface area contributed by atoms with Gasteiger partial charge in [0.1, 0.15) is 12.9 Å². The van der Waals surface area contributed by atoms with E-state index in [2.05, 4.69) is 0 Å². The van der Waals surface area contributed by atoms with Crippen LogP contribution in [0.3, 0.4) is 0 Å². The lowest BCUT2D eigenvalue weighted by Crippen LogP contribution is -2.01. The van der Waals surface area contributed by atoms with Crippen molar-refractivity contribution in [3.05, 3.63) is 64.2 Å². The van der Waals surface area contributed by atoms with E-state index in [-0.39, 0.29) is 12.2 Å². The maximum absolute atomic E-state index is 13.6. The van der Waals surface area contributed by atoms with Crippen LogP contribution in [0.1, 0.15) is 27.0 Å². The number of hydrogen-bond acceptors (Lipinski definition) is 2. The molecule has 4 heteroatoms. The first-order valence-corrected chi connectivity index (χ1v) is 6.14. The molecule has 0 amide bonds. The molecule has 0 fully saturated rings. The number of halogens is 2. The number of hydrogen-bond donors (Lipinski definition) is 0. The number of benzene rings is 2. The first-order chi connectivity index (χ1) is 9.51. The van der Waals surface area contributed by atoms with Crippen molar-refractivity contribution in [3.63, 3.8) is 0 Å². The van der Waals surface area contributed by atoms with Crippen molar-refractivity contribution in [2.75, 3.05) is 0 Å². The Kier molecular flexibility index (Phi) is 4.13. The van der Waals surface area contributed by atoms with Crippen molar-refractivity contribution < 1.29 is 18.3 Å². The van der Waals surface area contributed by atoms with E-state index in [1.54, 1.807) is 0 Å². The molecule has 104 valence electrons. The van der Waals surface area contributed by atoms with Crippen molar-refractivity contribution in [3.8, 4) is 5.75 Å². The van der Waals surface area contributed by atoms with Crippen molar-refractivity contribution in [1.82, 2.24) is 0 Å². The van der Waals surface area contributed by atoms with E-state index in [0.29, 0.717) is 6.29 Å². The minimum atomic E-state index is -0.879. The quantitative estimate of drug-likeness (QED) is 0.790. The highest BCUT2D eigenvalue weighted by atomic mass is 19.1. The van der Waals surface area contributed by atoms with Crippen LogP contribution in [0.4, 0.5) is 8.78 Å². The third kappa shape index (κ3) is 3.02. The predicted molar refractivity (Wildman–Crippen MR) is 72.0 cm³/mol. The van der Waals surface area contributed by atoms with Gasteiger partial charge in [-0.3, -0.25) is 4.79 Å². The van der Waals surface area contributed by atoms with Crippen molar-refractivity contribution in [1.29, 1.82) is 0 Å². The molecule has 2 rings (SSSR count). The van der Waals surface area contributed by atoms with Gasteiger partial charge in [0.2, 0.25) is 0 Å². The van der Waals surface area contributed by atoms with Gasteiger partial charge in [0.15, 0.2) is 17.4 Å². The number of ether oxygens (including phenoxy) is 1. The minimum Gasteiger partial charge on any atom is -0.483 e. The molecule has 0 bridgehead atoms. The van der Waals surface area contributed by atoms with Crippen LogP contribution in [0.25, 0.3) is 0 Å². The Hall–Kier alpha value is -2.23. The summed E-state index contributed by atoms with van der Waals surface area (Å²) in [6, 6.07) is 7.58. The van der Waals surface area contributed by atoms with E-state index in [1.165, 1.54) is 0 Å². The van der Waals surface area contributed by atoms with E-state index < -0.39 is 17.4 Å². The summed E-state index contributed by atoms with van der Waals surface area (Å²) in [5, 5.41) is 0. The predicted octanol–water partition coefficient (Wildman–Crippen LogP) is 3.97. The highest BCUT2D eigenvalue weighted by Gasteiger charge is 2.12. The molecule has 2 aromatic rings. The van der Waals surface area contributed by atoms with E-state index in [4.69, 9.17) is 4.74 Å². The van der Waals surface area contributed by atoms with Crippen molar-refractivity contribution >= 4 is 6.29 Å². The summed E-state index contributed by atoms with van der Waals surface area (Å²) >= 11 is 0. The number of aryl methyl sites for hydroxylation is 2. The second kappa shape index (κ2) is 5.82. The Balaban J connectivity index is 2.18. The molecule has 0 radical (unpaired) electrons. The smallest absolute Gasteiger partial charge is 0.191 e. The molecule has 0 aromatic heterocycles. The number of carbonyl (C=O) groups excluding carboxylic acids is 1. The molecule has 20 heavy (non-hydrogen) atoms. The van der Waals surface area contributed by atoms with E-state index in [1.807, 2.05) is 32.0 Å². The van der Waals surface area contributed by atoms with E-state index >= 15 is 0 Å². The van der Waals surface area contributed by atoms with Crippen LogP contribution < -0.4 is 4.74 Å². The van der Waals surface area contributed by atoms with Crippen LogP contribution in [0, 0.1) is 25.5 Å². The molecule has 2 nitrogen and oxygen atoms in total. The van der Waals surface area contributed by atoms with Gasteiger partial charge in [-0.05, 0) is 42.7 Å². The fourth-order valence-electron chi connectivity index (χ4n) is 1.83. The molecular formula is C16H14F2O2. The normalized spacial score (nSPS) is 10.4. The average Bonchev–Trinajstić information content (AvgIpc) is 2.41. The maximum atomic E-state index is 13.6. The average molecular weight is 276 g/mol. The van der Waals surface area contributed by atoms with Gasteiger partial charge >= 0.3 is 0 Å². The topological polar surface area (TPSA) is 26.3 Å². The highest BCUT2D eigenvalue weighted by molar-refractivity contribution is 5.75. The lowest BCUT2D eigenvalue weighted by Gasteiger charge is -2.10. The Labute approximate surface area is 116 Å². The molecular weight excluding hydrogens is 262 g/mol. The summed E-state index contributed by atoms with van der Waals surface area (Å²) in [6.45, 7) is 4.01. The lowest BCUT2D eigenvalue weighted by molar-refractivity contribution is 0.112. The van der Waals surface area contributed by atoms with E-state index in [0.717, 1.165) is 28.8 Å². The molecule has 0 aliphatic heterocycles. The SMILES string of the molecule is Cc1ccc(COc2c(F)cc(C=O)cc2F)cc1C. The molecule has 0 unspecified atom stereocenters. The van der Waals surface area contributed by atoms with E-state index in [9.17, 15) is 13.6 Å². The van der Waals surface area contributed by atoms with Crippen LogP contribution >= 0.6 is 0 Å². The Bertz CT molecular complexity index is 628. The van der Waals surface area contributed by atoms with Gasteiger partial charge in [0.25, 0.3) is 0 Å². The highest BCUT2D eigenvalue weighted by Crippen LogP contribution is 2.24. The van der Waals surface area contributed by atoms with Gasteiger partial charge in [-0.1, -0.05) is 18.2 Å². The molecule has 0 N–H and O–H groups in total. The molecule has 0 saturated carbocycles. The van der Waals surface area contributed by atoms with Crippen LogP contribution in [-0.2, 0) is 6.61 Å². The second-order valence-corrected chi connectivity index (χ2v) is 4.64. The zero-order valence-electron chi connectivity index (χ0n) is 11.2. The first kappa shape index (κ1) is 14.2. The van der Waals surface area contributed by atoms with Gasteiger partial charge in [-0.15, -0.1) is 0 Å². The standard InChI is InChI=1S/C16H14F2O2/c1-10-3-4-12(5-11(10)2)9-20-16-14(17)6-13(8-19)7-15(16)18/h3-8H,9H2,1-2H3. The number of carbonyl (C=O) groups is 1. The number of rotatable bonds is 4. The Morgan fingerprint density at radius 1 is 1.05 bits per heavy atom. The fourth-order valence-corrected chi connectivity index (χ4v) is 1.83. The van der Waals surface area contributed by atoms with Gasteiger partial charge in [-0.2, -0.15) is 0 Å². The first-order valence-electron chi connectivity index (χ1n) is 6.14. The van der Waals surface area contributed by atoms with Crippen LogP contribution in [0.5, 0.6) is 5.75 Å². The second-order valence-electron chi connectivity index (χ2n) is 4.64. The van der Waals surface area contributed by atoms with Gasteiger partial charge in [0.05, 0.1) is 0 Å². The zero-order chi connectivity index (χ0) is 14.7. The Morgan fingerprint density at radius 3 is 2.25 bits per heavy atom. The van der Waals surface area contributed by atoms with Gasteiger partial charge in [0, 0.05) is 5.56 Å². The third-order valence-electron chi connectivity index (χ3n) is 3.11. The maximum Gasteiger partial charge on any atom is 0.191 e. The zero-order valence-corrected chi connectivity index (χ0v) is 11.2. The molecule has 0 atom stereocenters. The third-order valence-corrected chi connectivity index (χ3v) is 3.11. The summed E-state index contributed by atoms with van der Waals surface area (Å²) in [4.78, 5) is 10.5. The fraction of sp³-hybridized carbons (Fsp3) is 0.188. The van der Waals surface area contributed by atoms with Gasteiger partial charge in [-0.25, -0.2) is 8.78 Å². The van der Waals surface area contributed by atoms with Crippen LogP contribution in [-0.4, -0.2) is 6.29 Å². The summed E-state index contributed by atoms with van der Waals surface area (Å²) in [6.07, 6.45) is 0.388. The molecule has 0 aliphatic rings. The molecule has 2 aromatic carbocycles. The Morgan fingerprint density at radius 2 is 1.70 bits per heavy atom. The summed E-state index contributed by atoms with van der Waals surface area (Å²) in [7, 11) is 0.